The number of carbonyl (C=O) groups is 1. The Labute approximate surface area is 132 Å². The number of aromatic nitrogens is 2. The molecule has 0 spiro atoms. The number of amides is 1. The van der Waals surface area contributed by atoms with Crippen LogP contribution in [0, 0.1) is 0 Å². The van der Waals surface area contributed by atoms with Crippen LogP contribution >= 0.6 is 11.3 Å². The lowest BCUT2D eigenvalue weighted by atomic mass is 10.2. The van der Waals surface area contributed by atoms with Crippen molar-refractivity contribution in [3.8, 4) is 5.19 Å². The third-order valence-electron chi connectivity index (χ3n) is 3.50. The summed E-state index contributed by atoms with van der Waals surface area (Å²) in [6.45, 7) is 6.35. The number of ether oxygens (including phenoxy) is 1. The van der Waals surface area contributed by atoms with Gasteiger partial charge in [-0.15, -0.1) is 10.2 Å². The first-order valence-electron chi connectivity index (χ1n) is 7.25. The maximum absolute atomic E-state index is 12.2. The molecule has 118 valence electrons. The summed E-state index contributed by atoms with van der Waals surface area (Å²) in [5.41, 5.74) is 0.610. The third kappa shape index (κ3) is 3.45. The van der Waals surface area contributed by atoms with E-state index in [1.54, 1.807) is 6.07 Å². The second kappa shape index (κ2) is 6.89. The highest BCUT2D eigenvalue weighted by molar-refractivity contribution is 7.13. The number of carbonyl (C=O) groups excluding carboxylic acids is 1. The lowest BCUT2D eigenvalue weighted by Gasteiger charge is -2.33. The van der Waals surface area contributed by atoms with Crippen LogP contribution in [0.5, 0.6) is 5.19 Å². The SMILES string of the molecule is CCOc1nnc(CN2CCN(C(=O)c3ccoc3)CC2)s1. The quantitative estimate of drug-likeness (QED) is 0.830. The van der Waals surface area contributed by atoms with Gasteiger partial charge in [0, 0.05) is 26.2 Å². The fourth-order valence-corrected chi connectivity index (χ4v) is 3.14. The Morgan fingerprint density at radius 3 is 2.86 bits per heavy atom. The van der Waals surface area contributed by atoms with E-state index in [0.717, 1.165) is 24.6 Å². The predicted octanol–water partition coefficient (Wildman–Crippen LogP) is 1.49. The van der Waals surface area contributed by atoms with Crippen LogP contribution in [0.1, 0.15) is 22.3 Å². The van der Waals surface area contributed by atoms with E-state index in [2.05, 4.69) is 15.1 Å². The van der Waals surface area contributed by atoms with E-state index in [1.807, 2.05) is 11.8 Å². The van der Waals surface area contributed by atoms with Crippen LogP contribution in [0.4, 0.5) is 0 Å². The van der Waals surface area contributed by atoms with E-state index in [1.165, 1.54) is 23.9 Å². The zero-order chi connectivity index (χ0) is 15.4. The number of rotatable bonds is 5. The summed E-state index contributed by atoms with van der Waals surface area (Å²) in [5, 5.41) is 9.69. The van der Waals surface area contributed by atoms with E-state index in [9.17, 15) is 4.79 Å². The van der Waals surface area contributed by atoms with Gasteiger partial charge in [0.15, 0.2) is 0 Å². The van der Waals surface area contributed by atoms with Crippen molar-refractivity contribution in [1.29, 1.82) is 0 Å². The highest BCUT2D eigenvalue weighted by atomic mass is 32.1. The minimum atomic E-state index is 0.0305. The first-order valence-corrected chi connectivity index (χ1v) is 8.07. The van der Waals surface area contributed by atoms with E-state index in [0.29, 0.717) is 30.5 Å². The van der Waals surface area contributed by atoms with Gasteiger partial charge < -0.3 is 14.1 Å². The van der Waals surface area contributed by atoms with Gasteiger partial charge in [0.25, 0.3) is 11.1 Å². The fourth-order valence-electron chi connectivity index (χ4n) is 2.35. The number of hydrogen-bond acceptors (Lipinski definition) is 7. The summed E-state index contributed by atoms with van der Waals surface area (Å²) in [6.07, 6.45) is 3.01. The minimum absolute atomic E-state index is 0.0305. The largest absolute Gasteiger partial charge is 0.472 e. The lowest BCUT2D eigenvalue weighted by Crippen LogP contribution is -2.48. The van der Waals surface area contributed by atoms with Crippen molar-refractivity contribution in [1.82, 2.24) is 20.0 Å². The Morgan fingerprint density at radius 2 is 2.18 bits per heavy atom. The summed E-state index contributed by atoms with van der Waals surface area (Å²) in [6, 6.07) is 1.70. The van der Waals surface area contributed by atoms with Crippen LogP contribution in [0.15, 0.2) is 23.0 Å². The molecule has 0 radical (unpaired) electrons. The van der Waals surface area contributed by atoms with Gasteiger partial charge in [-0.3, -0.25) is 9.69 Å². The van der Waals surface area contributed by atoms with Crippen molar-refractivity contribution in [2.24, 2.45) is 0 Å². The van der Waals surface area contributed by atoms with Crippen LogP contribution in [0.3, 0.4) is 0 Å². The normalized spacial score (nSPS) is 16.0. The molecule has 0 aliphatic carbocycles. The third-order valence-corrected chi connectivity index (χ3v) is 4.32. The second-order valence-electron chi connectivity index (χ2n) is 4.98. The first kappa shape index (κ1) is 15.0. The average Bonchev–Trinajstić information content (AvgIpc) is 3.20. The molecule has 1 aliphatic heterocycles. The molecule has 2 aromatic rings. The van der Waals surface area contributed by atoms with Crippen molar-refractivity contribution < 1.29 is 13.9 Å². The standard InChI is InChI=1S/C14H18N4O3S/c1-2-21-14-16-15-12(22-14)9-17-4-6-18(7-5-17)13(19)11-3-8-20-10-11/h3,8,10H,2,4-7,9H2,1H3. The molecule has 22 heavy (non-hydrogen) atoms. The molecule has 0 aromatic carbocycles. The van der Waals surface area contributed by atoms with Gasteiger partial charge in [-0.05, 0) is 13.0 Å². The van der Waals surface area contributed by atoms with Crippen LogP contribution in [0.25, 0.3) is 0 Å². The lowest BCUT2D eigenvalue weighted by molar-refractivity contribution is 0.0627. The molecule has 1 saturated heterocycles. The van der Waals surface area contributed by atoms with Crippen LogP contribution in [0.2, 0.25) is 0 Å². The number of piperazine rings is 1. The maximum Gasteiger partial charge on any atom is 0.294 e. The number of nitrogens with zero attached hydrogens (tertiary/aromatic N) is 4. The molecular formula is C14H18N4O3S. The summed E-state index contributed by atoms with van der Waals surface area (Å²) < 4.78 is 10.3. The molecule has 7 nitrogen and oxygen atoms in total. The second-order valence-corrected chi connectivity index (χ2v) is 6.00. The van der Waals surface area contributed by atoms with Crippen molar-refractivity contribution in [2.75, 3.05) is 32.8 Å². The smallest absolute Gasteiger partial charge is 0.294 e. The molecule has 0 N–H and O–H groups in total. The van der Waals surface area contributed by atoms with Gasteiger partial charge in [-0.2, -0.15) is 0 Å². The van der Waals surface area contributed by atoms with E-state index in [4.69, 9.17) is 9.15 Å². The molecule has 2 aromatic heterocycles. The predicted molar refractivity (Wildman–Crippen MR) is 81.0 cm³/mol. The highest BCUT2D eigenvalue weighted by Gasteiger charge is 2.23. The first-order chi connectivity index (χ1) is 10.8. The average molecular weight is 322 g/mol. The molecule has 0 atom stereocenters. The van der Waals surface area contributed by atoms with Crippen LogP contribution in [-0.4, -0.2) is 58.7 Å². The van der Waals surface area contributed by atoms with Gasteiger partial charge >= 0.3 is 0 Å². The Morgan fingerprint density at radius 1 is 1.36 bits per heavy atom. The Bertz CT molecular complexity index is 605. The Hall–Kier alpha value is -1.93. The number of hydrogen-bond donors (Lipinski definition) is 0. The molecular weight excluding hydrogens is 304 g/mol. The van der Waals surface area contributed by atoms with Crippen molar-refractivity contribution >= 4 is 17.2 Å². The van der Waals surface area contributed by atoms with E-state index >= 15 is 0 Å². The van der Waals surface area contributed by atoms with Gasteiger partial charge in [-0.1, -0.05) is 11.3 Å². The monoisotopic (exact) mass is 322 g/mol. The molecule has 3 rings (SSSR count). The van der Waals surface area contributed by atoms with Gasteiger partial charge in [0.2, 0.25) is 0 Å². The van der Waals surface area contributed by atoms with E-state index < -0.39 is 0 Å². The fraction of sp³-hybridized carbons (Fsp3) is 0.500. The Kier molecular flexibility index (Phi) is 4.69. The molecule has 0 bridgehead atoms. The molecule has 3 heterocycles. The summed E-state index contributed by atoms with van der Waals surface area (Å²) in [4.78, 5) is 16.3. The zero-order valence-corrected chi connectivity index (χ0v) is 13.2. The van der Waals surface area contributed by atoms with Crippen molar-refractivity contribution in [3.05, 3.63) is 29.2 Å². The van der Waals surface area contributed by atoms with E-state index in [-0.39, 0.29) is 5.91 Å². The molecule has 1 aliphatic rings. The molecule has 0 unspecified atom stereocenters. The zero-order valence-electron chi connectivity index (χ0n) is 12.4. The summed E-state index contributed by atoms with van der Waals surface area (Å²) >= 11 is 1.48. The minimum Gasteiger partial charge on any atom is -0.472 e. The van der Waals surface area contributed by atoms with Gasteiger partial charge in [-0.25, -0.2) is 0 Å². The van der Waals surface area contributed by atoms with Gasteiger partial charge in [0.1, 0.15) is 11.3 Å². The topological polar surface area (TPSA) is 71.7 Å². The molecule has 0 saturated carbocycles. The molecule has 1 amide bonds. The highest BCUT2D eigenvalue weighted by Crippen LogP contribution is 2.20. The summed E-state index contributed by atoms with van der Waals surface area (Å²) in [5.74, 6) is 0.0305. The van der Waals surface area contributed by atoms with Crippen molar-refractivity contribution in [2.45, 2.75) is 13.5 Å². The summed E-state index contributed by atoms with van der Waals surface area (Å²) in [7, 11) is 0. The maximum atomic E-state index is 12.2. The Balaban J connectivity index is 1.50. The van der Waals surface area contributed by atoms with Gasteiger partial charge in [0.05, 0.1) is 25.0 Å². The van der Waals surface area contributed by atoms with Crippen LogP contribution < -0.4 is 4.74 Å². The molecule has 8 heteroatoms. The van der Waals surface area contributed by atoms with Crippen LogP contribution in [-0.2, 0) is 6.54 Å². The number of furan rings is 1. The molecule has 1 fully saturated rings. The van der Waals surface area contributed by atoms with Crippen molar-refractivity contribution in [3.63, 3.8) is 0 Å².